The molecule has 1 aliphatic heterocycles. The third-order valence-corrected chi connectivity index (χ3v) is 4.82. The van der Waals surface area contributed by atoms with E-state index in [1.54, 1.807) is 12.1 Å². The van der Waals surface area contributed by atoms with Crippen LogP contribution < -0.4 is 0 Å². The third kappa shape index (κ3) is 3.13. The SMILES string of the molecule is CS(=O)(=O)N1N=C(c2ccccc2)C[C@@H]1c1ccc([N+](=O)[O-])cc1. The van der Waals surface area contributed by atoms with Gasteiger partial charge in [-0.25, -0.2) is 8.42 Å². The summed E-state index contributed by atoms with van der Waals surface area (Å²) in [6.45, 7) is 0. The molecule has 1 aliphatic rings. The maximum Gasteiger partial charge on any atom is 0.269 e. The predicted molar refractivity (Wildman–Crippen MR) is 90.1 cm³/mol. The van der Waals surface area contributed by atoms with E-state index in [1.165, 1.54) is 12.1 Å². The molecule has 0 unspecified atom stereocenters. The molecule has 0 saturated heterocycles. The lowest BCUT2D eigenvalue weighted by atomic mass is 9.99. The van der Waals surface area contributed by atoms with Gasteiger partial charge in [0.25, 0.3) is 5.69 Å². The highest BCUT2D eigenvalue weighted by Gasteiger charge is 2.34. The lowest BCUT2D eigenvalue weighted by Gasteiger charge is -2.21. The molecule has 2 aromatic carbocycles. The Hall–Kier alpha value is -2.74. The van der Waals surface area contributed by atoms with Gasteiger partial charge >= 0.3 is 0 Å². The highest BCUT2D eigenvalue weighted by atomic mass is 32.2. The molecule has 0 spiro atoms. The first-order valence-corrected chi connectivity index (χ1v) is 9.08. The van der Waals surface area contributed by atoms with Crippen LogP contribution in [-0.2, 0) is 10.0 Å². The average Bonchev–Trinajstić information content (AvgIpc) is 3.01. The summed E-state index contributed by atoms with van der Waals surface area (Å²) in [5.41, 5.74) is 2.16. The fourth-order valence-electron chi connectivity index (χ4n) is 2.67. The van der Waals surface area contributed by atoms with Gasteiger partial charge in [0.1, 0.15) is 0 Å². The number of hydrazone groups is 1. The summed E-state index contributed by atoms with van der Waals surface area (Å²) in [5.74, 6) is 0. The van der Waals surface area contributed by atoms with Crippen molar-refractivity contribution in [3.8, 4) is 0 Å². The van der Waals surface area contributed by atoms with Crippen molar-refractivity contribution in [2.45, 2.75) is 12.5 Å². The molecule has 0 fully saturated rings. The Bertz CT molecular complexity index is 893. The molecule has 1 heterocycles. The number of nitrogens with zero attached hydrogens (tertiary/aromatic N) is 3. The Morgan fingerprint density at radius 2 is 1.75 bits per heavy atom. The standard InChI is InChI=1S/C16H15N3O4S/c1-24(22,23)18-16(13-7-9-14(10-8-13)19(20)21)11-15(17-18)12-5-3-2-4-6-12/h2-10,16H,11H2,1H3/t16-/m1/s1. The van der Waals surface area contributed by atoms with Gasteiger partial charge in [0, 0.05) is 18.6 Å². The van der Waals surface area contributed by atoms with Crippen LogP contribution in [0.3, 0.4) is 0 Å². The molecule has 0 radical (unpaired) electrons. The number of benzene rings is 2. The van der Waals surface area contributed by atoms with Crippen molar-refractivity contribution >= 4 is 21.4 Å². The van der Waals surface area contributed by atoms with Gasteiger partial charge < -0.3 is 0 Å². The van der Waals surface area contributed by atoms with Gasteiger partial charge in [-0.3, -0.25) is 10.1 Å². The minimum atomic E-state index is -3.56. The van der Waals surface area contributed by atoms with Crippen LogP contribution in [0.1, 0.15) is 23.6 Å². The quantitative estimate of drug-likeness (QED) is 0.629. The Morgan fingerprint density at radius 1 is 1.12 bits per heavy atom. The molecule has 2 aromatic rings. The van der Waals surface area contributed by atoms with Gasteiger partial charge in [-0.05, 0) is 11.1 Å². The van der Waals surface area contributed by atoms with Crippen molar-refractivity contribution in [2.75, 3.05) is 6.26 Å². The van der Waals surface area contributed by atoms with Crippen molar-refractivity contribution in [2.24, 2.45) is 5.10 Å². The zero-order valence-corrected chi connectivity index (χ0v) is 13.7. The first-order chi connectivity index (χ1) is 11.4. The summed E-state index contributed by atoms with van der Waals surface area (Å²) < 4.78 is 25.2. The summed E-state index contributed by atoms with van der Waals surface area (Å²) in [6, 6.07) is 14.7. The molecule has 3 rings (SSSR count). The topological polar surface area (TPSA) is 92.9 Å². The van der Waals surface area contributed by atoms with E-state index in [-0.39, 0.29) is 5.69 Å². The predicted octanol–water partition coefficient (Wildman–Crippen LogP) is 2.71. The van der Waals surface area contributed by atoms with Crippen molar-refractivity contribution in [1.82, 2.24) is 4.41 Å². The molecule has 0 saturated carbocycles. The van der Waals surface area contributed by atoms with E-state index in [1.807, 2.05) is 30.3 Å². The molecule has 124 valence electrons. The van der Waals surface area contributed by atoms with E-state index in [0.717, 1.165) is 16.2 Å². The van der Waals surface area contributed by atoms with Gasteiger partial charge in [-0.15, -0.1) is 0 Å². The Balaban J connectivity index is 1.97. The molecule has 0 aromatic heterocycles. The van der Waals surface area contributed by atoms with E-state index >= 15 is 0 Å². The molecule has 8 heteroatoms. The normalized spacial score (nSPS) is 17.6. The van der Waals surface area contributed by atoms with Crippen LogP contribution in [0.25, 0.3) is 0 Å². The van der Waals surface area contributed by atoms with Gasteiger partial charge in [-0.2, -0.15) is 9.52 Å². The molecule has 24 heavy (non-hydrogen) atoms. The zero-order chi connectivity index (χ0) is 17.3. The second-order valence-electron chi connectivity index (χ2n) is 5.52. The number of hydrogen-bond acceptors (Lipinski definition) is 5. The van der Waals surface area contributed by atoms with Crippen molar-refractivity contribution in [3.63, 3.8) is 0 Å². The number of rotatable bonds is 4. The van der Waals surface area contributed by atoms with Crippen LogP contribution in [0.5, 0.6) is 0 Å². The number of sulfonamides is 1. The van der Waals surface area contributed by atoms with Crippen molar-refractivity contribution in [1.29, 1.82) is 0 Å². The largest absolute Gasteiger partial charge is 0.269 e. The van der Waals surface area contributed by atoms with E-state index in [9.17, 15) is 18.5 Å². The lowest BCUT2D eigenvalue weighted by Crippen LogP contribution is -2.25. The number of non-ortho nitro benzene ring substituents is 1. The van der Waals surface area contributed by atoms with Crippen LogP contribution >= 0.6 is 0 Å². The summed E-state index contributed by atoms with van der Waals surface area (Å²) in [7, 11) is -3.56. The third-order valence-electron chi connectivity index (χ3n) is 3.81. The van der Waals surface area contributed by atoms with Gasteiger partial charge in [0.2, 0.25) is 10.0 Å². The fraction of sp³-hybridized carbons (Fsp3) is 0.188. The Kier molecular flexibility index (Phi) is 4.06. The van der Waals surface area contributed by atoms with Crippen LogP contribution in [0.15, 0.2) is 59.7 Å². The fourth-order valence-corrected chi connectivity index (χ4v) is 3.57. The molecule has 0 bridgehead atoms. The molecule has 0 aliphatic carbocycles. The van der Waals surface area contributed by atoms with Crippen LogP contribution in [0.4, 0.5) is 5.69 Å². The molecule has 1 atom stereocenters. The van der Waals surface area contributed by atoms with Gasteiger partial charge in [0.15, 0.2) is 0 Å². The van der Waals surface area contributed by atoms with Crippen molar-refractivity contribution < 1.29 is 13.3 Å². The van der Waals surface area contributed by atoms with E-state index < -0.39 is 21.0 Å². The van der Waals surface area contributed by atoms with Gasteiger partial charge in [0.05, 0.1) is 22.9 Å². The smallest absolute Gasteiger partial charge is 0.258 e. The molecular weight excluding hydrogens is 330 g/mol. The minimum absolute atomic E-state index is 0.0353. The van der Waals surface area contributed by atoms with Crippen molar-refractivity contribution in [3.05, 3.63) is 75.8 Å². The van der Waals surface area contributed by atoms with Crippen LogP contribution in [-0.4, -0.2) is 29.7 Å². The maximum atomic E-state index is 12.1. The molecule has 0 N–H and O–H groups in total. The Labute approximate surface area is 139 Å². The number of hydrogen-bond donors (Lipinski definition) is 0. The Morgan fingerprint density at radius 3 is 2.29 bits per heavy atom. The zero-order valence-electron chi connectivity index (χ0n) is 12.9. The lowest BCUT2D eigenvalue weighted by molar-refractivity contribution is -0.384. The minimum Gasteiger partial charge on any atom is -0.258 e. The number of nitro groups is 1. The summed E-state index contributed by atoms with van der Waals surface area (Å²) in [6.07, 6.45) is 1.51. The first-order valence-electron chi connectivity index (χ1n) is 7.23. The first kappa shape index (κ1) is 16.1. The van der Waals surface area contributed by atoms with Gasteiger partial charge in [-0.1, -0.05) is 42.5 Å². The maximum absolute atomic E-state index is 12.1. The number of nitro benzene ring substituents is 1. The highest BCUT2D eigenvalue weighted by molar-refractivity contribution is 7.88. The van der Waals surface area contributed by atoms with Crippen LogP contribution in [0, 0.1) is 10.1 Å². The van der Waals surface area contributed by atoms with E-state index in [4.69, 9.17) is 0 Å². The molecular formula is C16H15N3O4S. The summed E-state index contributed by atoms with van der Waals surface area (Å²) >= 11 is 0. The molecule has 7 nitrogen and oxygen atoms in total. The van der Waals surface area contributed by atoms with E-state index in [0.29, 0.717) is 17.7 Å². The second kappa shape index (κ2) is 6.04. The monoisotopic (exact) mass is 345 g/mol. The van der Waals surface area contributed by atoms with E-state index in [2.05, 4.69) is 5.10 Å². The van der Waals surface area contributed by atoms with Crippen LogP contribution in [0.2, 0.25) is 0 Å². The summed E-state index contributed by atoms with van der Waals surface area (Å²) in [4.78, 5) is 10.3. The summed E-state index contributed by atoms with van der Waals surface area (Å²) in [5, 5.41) is 15.0. The average molecular weight is 345 g/mol. The highest BCUT2D eigenvalue weighted by Crippen LogP contribution is 2.35. The molecule has 0 amide bonds. The second-order valence-corrected chi connectivity index (χ2v) is 7.36.